The van der Waals surface area contributed by atoms with Crippen molar-refractivity contribution in [1.82, 2.24) is 20.3 Å². The Morgan fingerprint density at radius 1 is 1.14 bits per heavy atom. The first-order valence-corrected chi connectivity index (χ1v) is 14.4. The lowest BCUT2D eigenvalue weighted by Gasteiger charge is -2.34. The number of hydrogen-bond acceptors (Lipinski definition) is 5. The molecule has 1 fully saturated rings. The van der Waals surface area contributed by atoms with Gasteiger partial charge in [-0.05, 0) is 75.8 Å². The Morgan fingerprint density at radius 2 is 1.86 bits per heavy atom. The predicted octanol–water partition coefficient (Wildman–Crippen LogP) is 2.96. The summed E-state index contributed by atoms with van der Waals surface area (Å²) in [6.07, 6.45) is 2.49. The zero-order valence-electron chi connectivity index (χ0n) is 22.1. The molecule has 0 spiro atoms. The van der Waals surface area contributed by atoms with Crippen LogP contribution in [0, 0.1) is 6.92 Å². The minimum atomic E-state index is -3.92. The van der Waals surface area contributed by atoms with Gasteiger partial charge in [0.25, 0.3) is 0 Å². The number of fused-ring (bicyclic) bond motifs is 1. The highest BCUT2D eigenvalue weighted by molar-refractivity contribution is 7.89. The van der Waals surface area contributed by atoms with E-state index < -0.39 is 22.0 Å². The van der Waals surface area contributed by atoms with Crippen molar-refractivity contribution >= 4 is 21.8 Å². The molecule has 9 heteroatoms. The standard InChI is InChI=1S/C28H38N4O4S/c1-19-8-11-22(12-9-19)37(35,36)32-15-14-29-27(34)25(32)17-26(33)31-24-7-5-6-21-16-20(10-13-23(21)24)18-30-28(2,3)4/h8-13,16,24-25,30H,5-7,14-15,17-18H2,1-4H3,(H,29,34)(H,31,33)/t24-,25?/m1/s1. The van der Waals surface area contributed by atoms with Gasteiger partial charge in [0.15, 0.2) is 0 Å². The average Bonchev–Trinajstić information content (AvgIpc) is 2.84. The Kier molecular flexibility index (Phi) is 8.06. The van der Waals surface area contributed by atoms with E-state index in [-0.39, 0.29) is 41.9 Å². The number of hydrogen-bond donors (Lipinski definition) is 3. The van der Waals surface area contributed by atoms with Crippen molar-refractivity contribution in [3.05, 3.63) is 64.7 Å². The highest BCUT2D eigenvalue weighted by Crippen LogP contribution is 2.31. The summed E-state index contributed by atoms with van der Waals surface area (Å²) in [6, 6.07) is 11.7. The molecule has 0 radical (unpaired) electrons. The Bertz CT molecular complexity index is 1250. The molecule has 4 rings (SSSR count). The van der Waals surface area contributed by atoms with Crippen LogP contribution in [-0.4, -0.2) is 49.2 Å². The lowest BCUT2D eigenvalue weighted by molar-refractivity contribution is -0.132. The lowest BCUT2D eigenvalue weighted by Crippen LogP contribution is -2.58. The van der Waals surface area contributed by atoms with Gasteiger partial charge in [0.2, 0.25) is 21.8 Å². The third kappa shape index (κ3) is 6.58. The number of nitrogens with one attached hydrogen (secondary N) is 3. The summed E-state index contributed by atoms with van der Waals surface area (Å²) in [5.74, 6) is -0.778. The maximum Gasteiger partial charge on any atom is 0.243 e. The molecule has 2 aromatic rings. The maximum absolute atomic E-state index is 13.3. The van der Waals surface area contributed by atoms with Crippen LogP contribution in [0.2, 0.25) is 0 Å². The summed E-state index contributed by atoms with van der Waals surface area (Å²) in [4.78, 5) is 26.0. The quantitative estimate of drug-likeness (QED) is 0.514. The van der Waals surface area contributed by atoms with Crippen LogP contribution in [0.4, 0.5) is 0 Å². The Labute approximate surface area is 220 Å². The molecule has 0 bridgehead atoms. The number of rotatable bonds is 7. The molecular formula is C28H38N4O4S. The fourth-order valence-electron chi connectivity index (χ4n) is 4.95. The number of nitrogens with zero attached hydrogens (tertiary/aromatic N) is 1. The van der Waals surface area contributed by atoms with Gasteiger partial charge in [-0.2, -0.15) is 4.31 Å². The monoisotopic (exact) mass is 526 g/mol. The van der Waals surface area contributed by atoms with Crippen molar-refractivity contribution < 1.29 is 18.0 Å². The highest BCUT2D eigenvalue weighted by Gasteiger charge is 2.40. The molecule has 0 aromatic heterocycles. The molecule has 1 unspecified atom stereocenters. The van der Waals surface area contributed by atoms with Crippen molar-refractivity contribution in [1.29, 1.82) is 0 Å². The van der Waals surface area contributed by atoms with Crippen molar-refractivity contribution in [3.8, 4) is 0 Å². The van der Waals surface area contributed by atoms with Crippen LogP contribution in [-0.2, 0) is 32.6 Å². The number of carbonyl (C=O) groups is 2. The van der Waals surface area contributed by atoms with Crippen molar-refractivity contribution in [3.63, 3.8) is 0 Å². The second-order valence-electron chi connectivity index (χ2n) is 11.1. The molecular weight excluding hydrogens is 488 g/mol. The number of benzene rings is 2. The Hall–Kier alpha value is -2.75. The van der Waals surface area contributed by atoms with Gasteiger partial charge in [-0.3, -0.25) is 9.59 Å². The van der Waals surface area contributed by atoms with Crippen molar-refractivity contribution in [2.75, 3.05) is 13.1 Å². The van der Waals surface area contributed by atoms with Crippen LogP contribution in [0.15, 0.2) is 47.4 Å². The van der Waals surface area contributed by atoms with Gasteiger partial charge in [0.05, 0.1) is 17.4 Å². The lowest BCUT2D eigenvalue weighted by atomic mass is 9.86. The van der Waals surface area contributed by atoms with Crippen molar-refractivity contribution in [2.24, 2.45) is 0 Å². The van der Waals surface area contributed by atoms with Gasteiger partial charge < -0.3 is 16.0 Å². The van der Waals surface area contributed by atoms with E-state index in [2.05, 4.69) is 54.9 Å². The van der Waals surface area contributed by atoms with E-state index in [4.69, 9.17) is 0 Å². The molecule has 200 valence electrons. The second kappa shape index (κ2) is 10.9. The molecule has 1 heterocycles. The zero-order chi connectivity index (χ0) is 26.8. The summed E-state index contributed by atoms with van der Waals surface area (Å²) >= 11 is 0. The summed E-state index contributed by atoms with van der Waals surface area (Å²) in [6.45, 7) is 9.40. The van der Waals surface area contributed by atoms with Crippen LogP contribution in [0.25, 0.3) is 0 Å². The third-order valence-corrected chi connectivity index (χ3v) is 8.89. The molecule has 1 aliphatic heterocycles. The first kappa shape index (κ1) is 27.3. The first-order valence-electron chi connectivity index (χ1n) is 13.0. The van der Waals surface area contributed by atoms with Crippen LogP contribution < -0.4 is 16.0 Å². The van der Waals surface area contributed by atoms with Crippen LogP contribution >= 0.6 is 0 Å². The first-order chi connectivity index (χ1) is 17.4. The molecule has 37 heavy (non-hydrogen) atoms. The summed E-state index contributed by atoms with van der Waals surface area (Å²) in [7, 11) is -3.92. The number of sulfonamides is 1. The molecule has 0 saturated carbocycles. The van der Waals surface area contributed by atoms with Gasteiger partial charge in [-0.1, -0.05) is 35.9 Å². The Morgan fingerprint density at radius 3 is 2.57 bits per heavy atom. The van der Waals surface area contributed by atoms with Gasteiger partial charge >= 0.3 is 0 Å². The predicted molar refractivity (Wildman–Crippen MR) is 143 cm³/mol. The van der Waals surface area contributed by atoms with E-state index in [0.717, 1.165) is 36.9 Å². The van der Waals surface area contributed by atoms with Crippen LogP contribution in [0.5, 0.6) is 0 Å². The van der Waals surface area contributed by atoms with Gasteiger partial charge in [0, 0.05) is 25.2 Å². The number of aryl methyl sites for hydroxylation is 2. The molecule has 3 N–H and O–H groups in total. The third-order valence-electron chi connectivity index (χ3n) is 6.97. The fourth-order valence-corrected chi connectivity index (χ4v) is 6.53. The van der Waals surface area contributed by atoms with E-state index in [1.165, 1.54) is 15.4 Å². The van der Waals surface area contributed by atoms with E-state index in [0.29, 0.717) is 0 Å². The maximum atomic E-state index is 13.3. The highest BCUT2D eigenvalue weighted by atomic mass is 32.2. The summed E-state index contributed by atoms with van der Waals surface area (Å²) < 4.78 is 27.9. The minimum Gasteiger partial charge on any atom is -0.353 e. The van der Waals surface area contributed by atoms with Crippen LogP contribution in [0.3, 0.4) is 0 Å². The topological polar surface area (TPSA) is 108 Å². The smallest absolute Gasteiger partial charge is 0.243 e. The zero-order valence-corrected chi connectivity index (χ0v) is 23.0. The molecule has 2 aliphatic rings. The fraction of sp³-hybridized carbons (Fsp3) is 0.500. The number of carbonyl (C=O) groups excluding carboxylic acids is 2. The van der Waals surface area contributed by atoms with Crippen LogP contribution in [0.1, 0.15) is 68.3 Å². The SMILES string of the molecule is Cc1ccc(S(=O)(=O)N2CCNC(=O)C2CC(=O)N[C@@H]2CCCc3cc(CNC(C)(C)C)ccc32)cc1. The normalized spacial score (nSPS) is 20.7. The number of piperazine rings is 1. The second-order valence-corrected chi connectivity index (χ2v) is 13.0. The largest absolute Gasteiger partial charge is 0.353 e. The van der Waals surface area contributed by atoms with Gasteiger partial charge in [0.1, 0.15) is 6.04 Å². The number of amides is 2. The Balaban J connectivity index is 1.47. The molecule has 2 aromatic carbocycles. The van der Waals surface area contributed by atoms with E-state index in [9.17, 15) is 18.0 Å². The molecule has 8 nitrogen and oxygen atoms in total. The molecule has 1 saturated heterocycles. The van der Waals surface area contributed by atoms with E-state index >= 15 is 0 Å². The minimum absolute atomic E-state index is 0.0264. The molecule has 2 atom stereocenters. The molecule has 2 amide bonds. The average molecular weight is 527 g/mol. The molecule has 1 aliphatic carbocycles. The summed E-state index contributed by atoms with van der Waals surface area (Å²) in [5, 5.41) is 9.31. The van der Waals surface area contributed by atoms with Gasteiger partial charge in [-0.15, -0.1) is 0 Å². The van der Waals surface area contributed by atoms with E-state index in [1.54, 1.807) is 24.3 Å². The van der Waals surface area contributed by atoms with Crippen molar-refractivity contribution in [2.45, 2.75) is 82.4 Å². The summed E-state index contributed by atoms with van der Waals surface area (Å²) in [5.41, 5.74) is 4.49. The van der Waals surface area contributed by atoms with Gasteiger partial charge in [-0.25, -0.2) is 8.42 Å². The van der Waals surface area contributed by atoms with E-state index in [1.807, 2.05) is 6.92 Å².